The predicted octanol–water partition coefficient (Wildman–Crippen LogP) is 4.15. The van der Waals surface area contributed by atoms with Gasteiger partial charge in [0.2, 0.25) is 5.91 Å². The van der Waals surface area contributed by atoms with Crippen molar-refractivity contribution in [3.05, 3.63) is 90.4 Å². The molecule has 2 N–H and O–H groups in total. The molecule has 0 saturated carbocycles. The first-order chi connectivity index (χ1) is 14.9. The lowest BCUT2D eigenvalue weighted by Gasteiger charge is -2.12. The molecule has 0 bridgehead atoms. The van der Waals surface area contributed by atoms with Crippen LogP contribution in [0.25, 0.3) is 11.5 Å². The Bertz CT molecular complexity index is 1260. The molecule has 7 nitrogen and oxygen atoms in total. The lowest BCUT2D eigenvalue weighted by molar-refractivity contribution is -0.114. The molecule has 0 saturated heterocycles. The molecule has 0 aliphatic heterocycles. The Morgan fingerprint density at radius 2 is 1.68 bits per heavy atom. The number of carbonyl (C=O) groups is 2. The molecule has 156 valence electrons. The van der Waals surface area contributed by atoms with Crippen molar-refractivity contribution in [2.75, 3.05) is 10.6 Å². The molecule has 2 heterocycles. The monoisotopic (exact) mass is 421 g/mol. The number of anilines is 2. The zero-order valence-electron chi connectivity index (χ0n) is 16.3. The van der Waals surface area contributed by atoms with Gasteiger partial charge in [-0.3, -0.25) is 9.59 Å². The highest BCUT2D eigenvalue weighted by molar-refractivity contribution is 6.06. The number of amides is 2. The van der Waals surface area contributed by atoms with Crippen molar-refractivity contribution in [3.8, 4) is 11.5 Å². The van der Waals surface area contributed by atoms with Crippen molar-refractivity contribution in [2.24, 2.45) is 0 Å². The van der Waals surface area contributed by atoms with Gasteiger partial charge in [-0.1, -0.05) is 12.1 Å². The molecule has 9 heteroatoms. The quantitative estimate of drug-likeness (QED) is 0.508. The second kappa shape index (κ2) is 8.23. The van der Waals surface area contributed by atoms with Gasteiger partial charge in [0.25, 0.3) is 5.91 Å². The molecule has 0 fully saturated rings. The number of benzene rings is 2. The lowest BCUT2D eigenvalue weighted by atomic mass is 10.2. The standard InChI is InChI=1S/C22H17F2N5O2/c1-14(30)26-15-8-9-17(23)19(12-15)27-21(31)16-13-25-29(20-7-3-2-6-18(20)24)22(16)28-10-4-5-11-28/h2-13H,1H3,(H,26,30)(H,27,31). The second-order valence-electron chi connectivity index (χ2n) is 6.67. The SMILES string of the molecule is CC(=O)Nc1ccc(F)c(NC(=O)c2cnn(-c3ccccc3F)c2-n2cccc2)c1. The van der Waals surface area contributed by atoms with E-state index < -0.39 is 17.5 Å². The Kier molecular flexibility index (Phi) is 5.31. The van der Waals surface area contributed by atoms with Crippen LogP contribution in [-0.2, 0) is 4.79 Å². The summed E-state index contributed by atoms with van der Waals surface area (Å²) in [5, 5.41) is 9.22. The van der Waals surface area contributed by atoms with Crippen molar-refractivity contribution >= 4 is 23.2 Å². The fourth-order valence-corrected chi connectivity index (χ4v) is 3.12. The average molecular weight is 421 g/mol. The highest BCUT2D eigenvalue weighted by Crippen LogP contribution is 2.24. The number of hydrogen-bond acceptors (Lipinski definition) is 3. The average Bonchev–Trinajstić information content (AvgIpc) is 3.40. The summed E-state index contributed by atoms with van der Waals surface area (Å²) in [5.41, 5.74) is 0.470. The molecule has 2 aromatic heterocycles. The number of aromatic nitrogens is 3. The zero-order valence-corrected chi connectivity index (χ0v) is 16.3. The van der Waals surface area contributed by atoms with Crippen LogP contribution in [0.5, 0.6) is 0 Å². The molecule has 0 unspecified atom stereocenters. The molecule has 0 atom stereocenters. The van der Waals surface area contributed by atoms with Crippen molar-refractivity contribution in [3.63, 3.8) is 0 Å². The van der Waals surface area contributed by atoms with Crippen molar-refractivity contribution in [1.82, 2.24) is 14.3 Å². The van der Waals surface area contributed by atoms with Crippen LogP contribution in [0.15, 0.2) is 73.2 Å². The van der Waals surface area contributed by atoms with Crippen LogP contribution < -0.4 is 10.6 Å². The molecule has 31 heavy (non-hydrogen) atoms. The van der Waals surface area contributed by atoms with E-state index in [0.717, 1.165) is 6.07 Å². The van der Waals surface area contributed by atoms with Gasteiger partial charge >= 0.3 is 0 Å². The van der Waals surface area contributed by atoms with Gasteiger partial charge in [-0.15, -0.1) is 0 Å². The number of rotatable bonds is 5. The minimum absolute atomic E-state index is 0.101. The molecule has 0 aliphatic rings. The summed E-state index contributed by atoms with van der Waals surface area (Å²) in [7, 11) is 0. The molecule has 0 aliphatic carbocycles. The largest absolute Gasteiger partial charge is 0.326 e. The van der Waals surface area contributed by atoms with E-state index >= 15 is 0 Å². The Labute approximate surface area is 175 Å². The fourth-order valence-electron chi connectivity index (χ4n) is 3.12. The van der Waals surface area contributed by atoms with Crippen LogP contribution in [-0.4, -0.2) is 26.2 Å². The van der Waals surface area contributed by atoms with Crippen LogP contribution in [0.3, 0.4) is 0 Å². The van der Waals surface area contributed by atoms with E-state index in [-0.39, 0.29) is 28.7 Å². The molecule has 4 aromatic rings. The maximum Gasteiger partial charge on any atom is 0.261 e. The van der Waals surface area contributed by atoms with Crippen molar-refractivity contribution in [1.29, 1.82) is 0 Å². The smallest absolute Gasteiger partial charge is 0.261 e. The predicted molar refractivity (Wildman–Crippen MR) is 112 cm³/mol. The summed E-state index contributed by atoms with van der Waals surface area (Å²) in [4.78, 5) is 24.3. The normalized spacial score (nSPS) is 10.7. The first kappa shape index (κ1) is 20.0. The van der Waals surface area contributed by atoms with E-state index in [2.05, 4.69) is 15.7 Å². The van der Waals surface area contributed by atoms with Gasteiger partial charge in [0.05, 0.1) is 11.9 Å². The summed E-state index contributed by atoms with van der Waals surface area (Å²) in [6.45, 7) is 1.32. The van der Waals surface area contributed by atoms with E-state index in [1.807, 2.05) is 0 Å². The number of nitrogens with zero attached hydrogens (tertiary/aromatic N) is 3. The number of carbonyl (C=O) groups excluding carboxylic acids is 2. The highest BCUT2D eigenvalue weighted by atomic mass is 19.1. The maximum atomic E-state index is 14.4. The van der Waals surface area contributed by atoms with E-state index in [1.54, 1.807) is 41.2 Å². The maximum absolute atomic E-state index is 14.4. The van der Waals surface area contributed by atoms with Crippen LogP contribution in [0, 0.1) is 11.6 Å². The first-order valence-electron chi connectivity index (χ1n) is 9.29. The van der Waals surface area contributed by atoms with Crippen LogP contribution in [0.4, 0.5) is 20.2 Å². The van der Waals surface area contributed by atoms with Gasteiger partial charge in [0, 0.05) is 25.0 Å². The Hall–Kier alpha value is -4.27. The molecule has 2 amide bonds. The summed E-state index contributed by atoms with van der Waals surface area (Å²) in [5.74, 6) is -1.88. The minimum Gasteiger partial charge on any atom is -0.326 e. The third kappa shape index (κ3) is 4.06. The molecule has 0 radical (unpaired) electrons. The third-order valence-corrected chi connectivity index (χ3v) is 4.45. The fraction of sp³-hybridized carbons (Fsp3) is 0.0455. The number of hydrogen-bond donors (Lipinski definition) is 2. The zero-order chi connectivity index (χ0) is 22.0. The molecule has 2 aromatic carbocycles. The second-order valence-corrected chi connectivity index (χ2v) is 6.67. The topological polar surface area (TPSA) is 81.0 Å². The highest BCUT2D eigenvalue weighted by Gasteiger charge is 2.22. The van der Waals surface area contributed by atoms with Gasteiger partial charge in [-0.2, -0.15) is 5.10 Å². The van der Waals surface area contributed by atoms with E-state index in [0.29, 0.717) is 5.69 Å². The molecular weight excluding hydrogens is 404 g/mol. The van der Waals surface area contributed by atoms with Crippen molar-refractivity contribution in [2.45, 2.75) is 6.92 Å². The molecule has 0 spiro atoms. The van der Waals surface area contributed by atoms with E-state index in [4.69, 9.17) is 0 Å². The lowest BCUT2D eigenvalue weighted by Crippen LogP contribution is -2.16. The number of halogens is 2. The van der Waals surface area contributed by atoms with Gasteiger partial charge in [0.15, 0.2) is 5.82 Å². The van der Waals surface area contributed by atoms with Gasteiger partial charge < -0.3 is 15.2 Å². The van der Waals surface area contributed by atoms with Gasteiger partial charge in [-0.25, -0.2) is 13.5 Å². The van der Waals surface area contributed by atoms with Gasteiger partial charge in [0.1, 0.15) is 22.9 Å². The summed E-state index contributed by atoms with van der Waals surface area (Å²) in [6, 6.07) is 13.4. The number of para-hydroxylation sites is 1. The van der Waals surface area contributed by atoms with E-state index in [9.17, 15) is 18.4 Å². The molecule has 4 rings (SSSR count). The Morgan fingerprint density at radius 3 is 2.39 bits per heavy atom. The Balaban J connectivity index is 1.75. The van der Waals surface area contributed by atoms with Crippen LogP contribution in [0.2, 0.25) is 0 Å². The van der Waals surface area contributed by atoms with E-state index in [1.165, 1.54) is 42.1 Å². The number of nitrogens with one attached hydrogen (secondary N) is 2. The Morgan fingerprint density at radius 1 is 0.935 bits per heavy atom. The molecular formula is C22H17F2N5O2. The third-order valence-electron chi connectivity index (χ3n) is 4.45. The summed E-state index contributed by atoms with van der Waals surface area (Å²) in [6.07, 6.45) is 4.65. The minimum atomic E-state index is -0.675. The van der Waals surface area contributed by atoms with Crippen LogP contribution in [0.1, 0.15) is 17.3 Å². The van der Waals surface area contributed by atoms with Crippen LogP contribution >= 0.6 is 0 Å². The summed E-state index contributed by atoms with van der Waals surface area (Å²) < 4.78 is 31.6. The van der Waals surface area contributed by atoms with Crippen molar-refractivity contribution < 1.29 is 18.4 Å². The van der Waals surface area contributed by atoms with Gasteiger partial charge in [-0.05, 0) is 42.5 Å². The first-order valence-corrected chi connectivity index (χ1v) is 9.29. The summed E-state index contributed by atoms with van der Waals surface area (Å²) >= 11 is 0.